The first-order chi connectivity index (χ1) is 3.35. The molecule has 0 saturated carbocycles. The van der Waals surface area contributed by atoms with Crippen molar-refractivity contribution in [3.8, 4) is 0 Å². The van der Waals surface area contributed by atoms with Gasteiger partial charge in [0.2, 0.25) is 0 Å². The molecule has 0 aromatic carbocycles. The lowest BCUT2D eigenvalue weighted by Gasteiger charge is -1.95. The van der Waals surface area contributed by atoms with Crippen molar-refractivity contribution in [3.63, 3.8) is 0 Å². The van der Waals surface area contributed by atoms with E-state index in [0.29, 0.717) is 0 Å². The molecule has 0 aliphatic heterocycles. The Morgan fingerprint density at radius 3 is 2.43 bits per heavy atom. The Kier molecular flexibility index (Phi) is 3.89. The topological polar surface area (TPSA) is 24.4 Å². The fraction of sp³-hybridized carbons (Fsp3) is 0.750. The van der Waals surface area contributed by atoms with Gasteiger partial charge in [0.15, 0.2) is 0 Å². The molecule has 0 aromatic heterocycles. The van der Waals surface area contributed by atoms with E-state index in [0.717, 1.165) is 12.3 Å². The molecule has 0 aliphatic carbocycles. The van der Waals surface area contributed by atoms with Crippen molar-refractivity contribution in [1.29, 1.82) is 0 Å². The predicted octanol–water partition coefficient (Wildman–Crippen LogP) is 0.859. The predicted molar refractivity (Wildman–Crippen MR) is 35.8 cm³/mol. The van der Waals surface area contributed by atoms with E-state index >= 15 is 0 Å². The van der Waals surface area contributed by atoms with Crippen LogP contribution in [0.1, 0.15) is 13.3 Å². The normalized spacial score (nSPS) is 11.6. The Labute approximate surface area is 49.6 Å². The summed E-state index contributed by atoms with van der Waals surface area (Å²) in [5.41, 5.74) is 0. The molecular formula is C4H10N2S. The minimum Gasteiger partial charge on any atom is -0.376 e. The zero-order valence-electron chi connectivity index (χ0n) is 4.60. The SMILES string of the molecule is CC/C(=N/S)NC. The van der Waals surface area contributed by atoms with Crippen molar-refractivity contribution in [2.24, 2.45) is 4.40 Å². The summed E-state index contributed by atoms with van der Waals surface area (Å²) < 4.78 is 3.62. The summed E-state index contributed by atoms with van der Waals surface area (Å²) in [7, 11) is 1.83. The van der Waals surface area contributed by atoms with Gasteiger partial charge in [-0.3, -0.25) is 0 Å². The Balaban J connectivity index is 3.38. The van der Waals surface area contributed by atoms with Crippen molar-refractivity contribution in [1.82, 2.24) is 5.32 Å². The van der Waals surface area contributed by atoms with E-state index in [2.05, 4.69) is 22.5 Å². The second kappa shape index (κ2) is 3.99. The summed E-state index contributed by atoms with van der Waals surface area (Å²) >= 11 is 3.70. The molecule has 2 nitrogen and oxygen atoms in total. The Morgan fingerprint density at radius 1 is 1.86 bits per heavy atom. The lowest BCUT2D eigenvalue weighted by molar-refractivity contribution is 1.09. The van der Waals surface area contributed by atoms with Gasteiger partial charge in [-0.25, -0.2) is 4.40 Å². The number of rotatable bonds is 1. The zero-order chi connectivity index (χ0) is 5.70. The van der Waals surface area contributed by atoms with Crippen molar-refractivity contribution in [2.45, 2.75) is 13.3 Å². The van der Waals surface area contributed by atoms with E-state index in [4.69, 9.17) is 0 Å². The number of amidine groups is 1. The molecule has 3 heteroatoms. The number of nitrogens with one attached hydrogen (secondary N) is 1. The first kappa shape index (κ1) is 6.82. The van der Waals surface area contributed by atoms with Crippen LogP contribution in [0.2, 0.25) is 0 Å². The van der Waals surface area contributed by atoms with E-state index in [1.807, 2.05) is 14.0 Å². The minimum atomic E-state index is 0.917. The molecule has 0 heterocycles. The van der Waals surface area contributed by atoms with Gasteiger partial charge in [0.25, 0.3) is 0 Å². The van der Waals surface area contributed by atoms with Gasteiger partial charge in [0.1, 0.15) is 5.84 Å². The van der Waals surface area contributed by atoms with Gasteiger partial charge in [0.05, 0.1) is 0 Å². The maximum atomic E-state index is 3.70. The number of nitrogens with zero attached hydrogens (tertiary/aromatic N) is 1. The average molecular weight is 118 g/mol. The van der Waals surface area contributed by atoms with Crippen molar-refractivity contribution in [2.75, 3.05) is 7.05 Å². The molecule has 0 atom stereocenters. The molecule has 0 radical (unpaired) electrons. The summed E-state index contributed by atoms with van der Waals surface area (Å²) in [5, 5.41) is 2.88. The van der Waals surface area contributed by atoms with Gasteiger partial charge >= 0.3 is 0 Å². The smallest absolute Gasteiger partial charge is 0.109 e. The third-order valence-corrected chi connectivity index (χ3v) is 0.986. The van der Waals surface area contributed by atoms with Gasteiger partial charge in [-0.05, 0) is 12.8 Å². The lowest BCUT2D eigenvalue weighted by atomic mass is 10.4. The van der Waals surface area contributed by atoms with E-state index in [1.165, 1.54) is 0 Å². The molecule has 0 rings (SSSR count). The van der Waals surface area contributed by atoms with Crippen LogP contribution in [0.15, 0.2) is 4.40 Å². The number of thiol groups is 1. The molecule has 42 valence electrons. The van der Waals surface area contributed by atoms with E-state index in [9.17, 15) is 0 Å². The quantitative estimate of drug-likeness (QED) is 0.298. The zero-order valence-corrected chi connectivity index (χ0v) is 5.50. The van der Waals surface area contributed by atoms with Crippen molar-refractivity contribution < 1.29 is 0 Å². The highest BCUT2D eigenvalue weighted by molar-refractivity contribution is 7.79. The third kappa shape index (κ3) is 2.51. The summed E-state index contributed by atoms with van der Waals surface area (Å²) in [6, 6.07) is 0. The van der Waals surface area contributed by atoms with Crippen LogP contribution in [0.3, 0.4) is 0 Å². The van der Waals surface area contributed by atoms with Crippen molar-refractivity contribution in [3.05, 3.63) is 0 Å². The Morgan fingerprint density at radius 2 is 2.43 bits per heavy atom. The first-order valence-corrected chi connectivity index (χ1v) is 2.63. The van der Waals surface area contributed by atoms with Crippen molar-refractivity contribution >= 4 is 18.7 Å². The molecule has 0 aromatic rings. The molecule has 0 spiro atoms. The molecule has 7 heavy (non-hydrogen) atoms. The second-order valence-electron chi connectivity index (χ2n) is 1.15. The van der Waals surface area contributed by atoms with E-state index < -0.39 is 0 Å². The first-order valence-electron chi connectivity index (χ1n) is 2.23. The fourth-order valence-corrected chi connectivity index (χ4v) is 0.539. The standard InChI is InChI=1S/C4H10N2S/c1-3-4(5-2)6-7/h7H,3H2,1-2H3,(H,5,6). The van der Waals surface area contributed by atoms with Crippen LogP contribution in [0.25, 0.3) is 0 Å². The van der Waals surface area contributed by atoms with Gasteiger partial charge in [0, 0.05) is 13.5 Å². The highest BCUT2D eigenvalue weighted by Gasteiger charge is 1.83. The maximum Gasteiger partial charge on any atom is 0.109 e. The Bertz CT molecular complexity index is 64.1. The van der Waals surface area contributed by atoms with Crippen LogP contribution in [-0.4, -0.2) is 12.9 Å². The van der Waals surface area contributed by atoms with E-state index in [1.54, 1.807) is 0 Å². The van der Waals surface area contributed by atoms with Gasteiger partial charge < -0.3 is 5.32 Å². The van der Waals surface area contributed by atoms with Gasteiger partial charge in [-0.2, -0.15) is 0 Å². The minimum absolute atomic E-state index is 0.917. The summed E-state index contributed by atoms with van der Waals surface area (Å²) in [4.78, 5) is 0. The summed E-state index contributed by atoms with van der Waals surface area (Å²) in [5.74, 6) is 0.920. The lowest BCUT2D eigenvalue weighted by Crippen LogP contribution is -2.15. The van der Waals surface area contributed by atoms with Crippen LogP contribution in [-0.2, 0) is 0 Å². The highest BCUT2D eigenvalue weighted by atomic mass is 32.1. The Hall–Kier alpha value is -0.180. The largest absolute Gasteiger partial charge is 0.376 e. The fourth-order valence-electron chi connectivity index (χ4n) is 0.297. The highest BCUT2D eigenvalue weighted by Crippen LogP contribution is 1.81. The molecule has 0 amide bonds. The van der Waals surface area contributed by atoms with E-state index in [-0.39, 0.29) is 0 Å². The molecule has 0 unspecified atom stereocenters. The summed E-state index contributed by atoms with van der Waals surface area (Å²) in [6.07, 6.45) is 0.917. The molecule has 0 saturated heterocycles. The molecular weight excluding hydrogens is 108 g/mol. The molecule has 0 aliphatic rings. The average Bonchev–Trinajstić information content (AvgIpc) is 1.72. The second-order valence-corrected chi connectivity index (χ2v) is 1.35. The van der Waals surface area contributed by atoms with Crippen LogP contribution in [0.4, 0.5) is 0 Å². The molecule has 0 bridgehead atoms. The third-order valence-electron chi connectivity index (χ3n) is 0.744. The van der Waals surface area contributed by atoms with Gasteiger partial charge in [-0.1, -0.05) is 6.92 Å². The summed E-state index contributed by atoms with van der Waals surface area (Å²) in [6.45, 7) is 2.02. The maximum absolute atomic E-state index is 3.70. The van der Waals surface area contributed by atoms with Crippen LogP contribution in [0.5, 0.6) is 0 Å². The van der Waals surface area contributed by atoms with Gasteiger partial charge in [-0.15, -0.1) is 0 Å². The van der Waals surface area contributed by atoms with Crippen LogP contribution in [0, 0.1) is 0 Å². The monoisotopic (exact) mass is 118 g/mol. The van der Waals surface area contributed by atoms with Crippen LogP contribution >= 0.6 is 12.8 Å². The molecule has 1 N–H and O–H groups in total. The number of hydrogen-bond acceptors (Lipinski definition) is 2. The number of hydrogen-bond donors (Lipinski definition) is 2. The molecule has 0 fully saturated rings. The van der Waals surface area contributed by atoms with Crippen LogP contribution < -0.4 is 5.32 Å².